The van der Waals surface area contributed by atoms with Gasteiger partial charge in [-0.2, -0.15) is 0 Å². The van der Waals surface area contributed by atoms with Crippen molar-refractivity contribution in [2.75, 3.05) is 5.32 Å². The molecule has 3 nitrogen and oxygen atoms in total. The molecule has 17 heavy (non-hydrogen) atoms. The molecule has 0 atom stereocenters. The molecule has 0 unspecified atom stereocenters. The number of fused-ring (bicyclic) bond motifs is 1. The highest BCUT2D eigenvalue weighted by molar-refractivity contribution is 6.02. The first-order valence-electron chi connectivity index (χ1n) is 5.75. The van der Waals surface area contributed by atoms with Gasteiger partial charge in [0.15, 0.2) is 0 Å². The third-order valence-electron chi connectivity index (χ3n) is 2.77. The lowest BCUT2D eigenvalue weighted by Crippen LogP contribution is -2.18. The van der Waals surface area contributed by atoms with Gasteiger partial charge >= 0.3 is 0 Å². The predicted octanol–water partition coefficient (Wildman–Crippen LogP) is 3.14. The fraction of sp³-hybridized carbons (Fsp3) is 0.286. The van der Waals surface area contributed by atoms with Crippen molar-refractivity contribution in [3.8, 4) is 0 Å². The highest BCUT2D eigenvalue weighted by atomic mass is 16.1. The molecule has 1 amide bonds. The van der Waals surface area contributed by atoms with Gasteiger partial charge in [-0.3, -0.25) is 9.78 Å². The van der Waals surface area contributed by atoms with E-state index in [1.54, 1.807) is 6.20 Å². The predicted molar refractivity (Wildman–Crippen MR) is 69.9 cm³/mol. The Labute approximate surface area is 101 Å². The van der Waals surface area contributed by atoms with Gasteiger partial charge < -0.3 is 5.32 Å². The number of pyridine rings is 1. The number of carbonyl (C=O) groups is 1. The van der Waals surface area contributed by atoms with Gasteiger partial charge in [-0.25, -0.2) is 0 Å². The second-order valence-corrected chi connectivity index (χ2v) is 4.47. The first-order valence-corrected chi connectivity index (χ1v) is 5.75. The van der Waals surface area contributed by atoms with E-state index in [0.717, 1.165) is 22.2 Å². The summed E-state index contributed by atoms with van der Waals surface area (Å²) in [5.74, 6) is 0.00535. The van der Waals surface area contributed by atoms with Crippen molar-refractivity contribution in [2.45, 2.75) is 20.8 Å². The Bertz CT molecular complexity index is 561. The second kappa shape index (κ2) is 4.53. The number of aromatic nitrogens is 1. The molecule has 0 aliphatic rings. The van der Waals surface area contributed by atoms with Gasteiger partial charge in [0.1, 0.15) is 0 Å². The fourth-order valence-electron chi connectivity index (χ4n) is 1.69. The van der Waals surface area contributed by atoms with E-state index in [2.05, 4.69) is 10.3 Å². The quantitative estimate of drug-likeness (QED) is 0.858. The lowest BCUT2D eigenvalue weighted by Gasteiger charge is -2.12. The topological polar surface area (TPSA) is 42.0 Å². The lowest BCUT2D eigenvalue weighted by molar-refractivity contribution is -0.118. The Hall–Kier alpha value is -1.90. The minimum absolute atomic E-state index is 0.0265. The van der Waals surface area contributed by atoms with E-state index in [0.29, 0.717) is 0 Å². The molecule has 0 saturated heterocycles. The van der Waals surface area contributed by atoms with E-state index >= 15 is 0 Å². The van der Waals surface area contributed by atoms with E-state index in [9.17, 15) is 4.79 Å². The Morgan fingerprint density at radius 2 is 2.06 bits per heavy atom. The summed E-state index contributed by atoms with van der Waals surface area (Å²) >= 11 is 0. The third kappa shape index (κ3) is 2.28. The molecule has 88 valence electrons. The zero-order chi connectivity index (χ0) is 12.4. The van der Waals surface area contributed by atoms with Crippen LogP contribution in [0.5, 0.6) is 0 Å². The van der Waals surface area contributed by atoms with Crippen molar-refractivity contribution in [1.29, 1.82) is 0 Å². The molecule has 1 N–H and O–H groups in total. The summed E-state index contributed by atoms with van der Waals surface area (Å²) in [5, 5.41) is 3.96. The van der Waals surface area contributed by atoms with Crippen molar-refractivity contribution >= 4 is 22.5 Å². The molecule has 0 aliphatic carbocycles. The smallest absolute Gasteiger partial charge is 0.226 e. The standard InChI is InChI=1S/C14H16N2O/c1-9(2)14(17)16-13-10(3)6-7-12-11(13)5-4-8-15-12/h4-9H,1-3H3,(H,16,17). The van der Waals surface area contributed by atoms with Crippen molar-refractivity contribution in [2.24, 2.45) is 5.92 Å². The normalized spacial score (nSPS) is 10.8. The highest BCUT2D eigenvalue weighted by Crippen LogP contribution is 2.26. The van der Waals surface area contributed by atoms with Gasteiger partial charge in [0.25, 0.3) is 0 Å². The van der Waals surface area contributed by atoms with Gasteiger partial charge in [-0.1, -0.05) is 19.9 Å². The van der Waals surface area contributed by atoms with Gasteiger partial charge in [0.05, 0.1) is 11.2 Å². The number of anilines is 1. The van der Waals surface area contributed by atoms with Gasteiger partial charge in [0, 0.05) is 17.5 Å². The molecule has 0 bridgehead atoms. The van der Waals surface area contributed by atoms with Crippen LogP contribution in [0.15, 0.2) is 30.5 Å². The molecule has 2 aromatic rings. The van der Waals surface area contributed by atoms with Crippen molar-refractivity contribution < 1.29 is 4.79 Å². The number of rotatable bonds is 2. The van der Waals surface area contributed by atoms with Crippen LogP contribution in [0.2, 0.25) is 0 Å². The number of amides is 1. The van der Waals surface area contributed by atoms with Crippen LogP contribution in [0.4, 0.5) is 5.69 Å². The third-order valence-corrected chi connectivity index (χ3v) is 2.77. The van der Waals surface area contributed by atoms with E-state index in [1.807, 2.05) is 45.0 Å². The van der Waals surface area contributed by atoms with Crippen molar-refractivity contribution in [3.05, 3.63) is 36.0 Å². The number of carbonyl (C=O) groups excluding carboxylic acids is 1. The molecule has 1 aromatic carbocycles. The van der Waals surface area contributed by atoms with Gasteiger partial charge in [0.2, 0.25) is 5.91 Å². The van der Waals surface area contributed by atoms with Crippen LogP contribution in [0.1, 0.15) is 19.4 Å². The summed E-state index contributed by atoms with van der Waals surface area (Å²) in [6, 6.07) is 7.80. The van der Waals surface area contributed by atoms with Gasteiger partial charge in [-0.15, -0.1) is 0 Å². The van der Waals surface area contributed by atoms with Crippen LogP contribution in [0.25, 0.3) is 10.9 Å². The van der Waals surface area contributed by atoms with Gasteiger partial charge in [-0.05, 0) is 30.7 Å². The number of hydrogen-bond donors (Lipinski definition) is 1. The minimum atomic E-state index is -0.0265. The Morgan fingerprint density at radius 1 is 1.29 bits per heavy atom. The lowest BCUT2D eigenvalue weighted by atomic mass is 10.1. The van der Waals surface area contributed by atoms with E-state index in [1.165, 1.54) is 0 Å². The molecule has 0 spiro atoms. The highest BCUT2D eigenvalue weighted by Gasteiger charge is 2.11. The maximum atomic E-state index is 11.8. The van der Waals surface area contributed by atoms with Crippen LogP contribution >= 0.6 is 0 Å². The first-order chi connectivity index (χ1) is 8.09. The Balaban J connectivity index is 2.51. The average Bonchev–Trinajstić information content (AvgIpc) is 2.32. The number of benzene rings is 1. The Morgan fingerprint density at radius 3 is 2.76 bits per heavy atom. The Kier molecular flexibility index (Phi) is 3.09. The van der Waals surface area contributed by atoms with Crippen LogP contribution in [0, 0.1) is 12.8 Å². The number of nitrogens with one attached hydrogen (secondary N) is 1. The summed E-state index contributed by atoms with van der Waals surface area (Å²) in [6.07, 6.45) is 1.76. The molecule has 0 radical (unpaired) electrons. The summed E-state index contributed by atoms with van der Waals surface area (Å²) in [5.41, 5.74) is 2.82. The summed E-state index contributed by atoms with van der Waals surface area (Å²) in [6.45, 7) is 5.75. The van der Waals surface area contributed by atoms with Crippen LogP contribution in [-0.2, 0) is 4.79 Å². The largest absolute Gasteiger partial charge is 0.325 e. The number of hydrogen-bond acceptors (Lipinski definition) is 2. The van der Waals surface area contributed by atoms with E-state index in [-0.39, 0.29) is 11.8 Å². The van der Waals surface area contributed by atoms with Crippen LogP contribution < -0.4 is 5.32 Å². The first kappa shape index (κ1) is 11.6. The fourth-order valence-corrected chi connectivity index (χ4v) is 1.69. The summed E-state index contributed by atoms with van der Waals surface area (Å²) in [4.78, 5) is 16.1. The maximum Gasteiger partial charge on any atom is 0.226 e. The number of nitrogens with zero attached hydrogens (tertiary/aromatic N) is 1. The van der Waals surface area contributed by atoms with E-state index < -0.39 is 0 Å². The van der Waals surface area contributed by atoms with E-state index in [4.69, 9.17) is 0 Å². The molecular formula is C14H16N2O. The molecule has 0 aliphatic heterocycles. The molecule has 0 saturated carbocycles. The van der Waals surface area contributed by atoms with Crippen molar-refractivity contribution in [1.82, 2.24) is 4.98 Å². The molecule has 1 aromatic heterocycles. The van der Waals surface area contributed by atoms with Crippen LogP contribution in [-0.4, -0.2) is 10.9 Å². The second-order valence-electron chi connectivity index (χ2n) is 4.47. The summed E-state index contributed by atoms with van der Waals surface area (Å²) < 4.78 is 0. The monoisotopic (exact) mass is 228 g/mol. The SMILES string of the molecule is Cc1ccc2ncccc2c1NC(=O)C(C)C. The zero-order valence-corrected chi connectivity index (χ0v) is 10.3. The summed E-state index contributed by atoms with van der Waals surface area (Å²) in [7, 11) is 0. The maximum absolute atomic E-state index is 11.8. The molecule has 1 heterocycles. The number of aryl methyl sites for hydroxylation is 1. The van der Waals surface area contributed by atoms with Crippen LogP contribution in [0.3, 0.4) is 0 Å². The molecule has 2 rings (SSSR count). The zero-order valence-electron chi connectivity index (χ0n) is 10.3. The molecule has 0 fully saturated rings. The molecular weight excluding hydrogens is 212 g/mol. The minimum Gasteiger partial charge on any atom is -0.325 e. The van der Waals surface area contributed by atoms with Crippen molar-refractivity contribution in [3.63, 3.8) is 0 Å². The average molecular weight is 228 g/mol. The molecule has 3 heteroatoms.